The molecule has 8 heteroatoms. The van der Waals surface area contributed by atoms with E-state index in [0.29, 0.717) is 11.8 Å². The number of hydrogen-bond acceptors (Lipinski definition) is 7. The number of nitrogens with two attached hydrogens (primary N) is 1. The van der Waals surface area contributed by atoms with Crippen LogP contribution in [0.2, 0.25) is 0 Å². The van der Waals surface area contributed by atoms with Crippen LogP contribution in [-0.4, -0.2) is 58.0 Å². The molecule has 20 heavy (non-hydrogen) atoms. The second-order valence-corrected chi connectivity index (χ2v) is 5.15. The minimum Gasteiger partial charge on any atom is -0.336 e. The SMILES string of the molecule is CN1CCN(c2noc(C(N)c3cnn(C)c3)n2)CC1. The van der Waals surface area contributed by atoms with Gasteiger partial charge >= 0.3 is 0 Å². The molecule has 3 rings (SSSR count). The summed E-state index contributed by atoms with van der Waals surface area (Å²) in [7, 11) is 3.96. The van der Waals surface area contributed by atoms with E-state index in [2.05, 4.69) is 32.1 Å². The lowest BCUT2D eigenvalue weighted by molar-refractivity contribution is 0.308. The van der Waals surface area contributed by atoms with Crippen LogP contribution in [0, 0.1) is 0 Å². The fourth-order valence-corrected chi connectivity index (χ4v) is 2.23. The van der Waals surface area contributed by atoms with Gasteiger partial charge in [-0.15, -0.1) is 0 Å². The number of aromatic nitrogens is 4. The molecule has 1 aliphatic rings. The van der Waals surface area contributed by atoms with E-state index in [4.69, 9.17) is 10.3 Å². The van der Waals surface area contributed by atoms with Gasteiger partial charge in [0.25, 0.3) is 5.95 Å². The van der Waals surface area contributed by atoms with Gasteiger partial charge in [-0.25, -0.2) is 0 Å². The van der Waals surface area contributed by atoms with Gasteiger partial charge in [-0.3, -0.25) is 4.68 Å². The molecular weight excluding hydrogens is 258 g/mol. The van der Waals surface area contributed by atoms with Crippen LogP contribution in [-0.2, 0) is 7.05 Å². The molecule has 1 saturated heterocycles. The molecule has 0 amide bonds. The molecule has 0 bridgehead atoms. The summed E-state index contributed by atoms with van der Waals surface area (Å²) in [6.07, 6.45) is 3.56. The van der Waals surface area contributed by atoms with Crippen molar-refractivity contribution in [2.24, 2.45) is 12.8 Å². The molecule has 1 fully saturated rings. The van der Waals surface area contributed by atoms with Crippen LogP contribution < -0.4 is 10.6 Å². The second kappa shape index (κ2) is 5.22. The molecule has 0 aliphatic carbocycles. The van der Waals surface area contributed by atoms with Crippen LogP contribution >= 0.6 is 0 Å². The Morgan fingerprint density at radius 1 is 1.25 bits per heavy atom. The van der Waals surface area contributed by atoms with Crippen molar-refractivity contribution in [2.75, 3.05) is 38.1 Å². The van der Waals surface area contributed by atoms with Crippen molar-refractivity contribution < 1.29 is 4.52 Å². The first kappa shape index (κ1) is 13.1. The summed E-state index contributed by atoms with van der Waals surface area (Å²) in [5.74, 6) is 1.04. The molecule has 1 aliphatic heterocycles. The zero-order chi connectivity index (χ0) is 14.1. The summed E-state index contributed by atoms with van der Waals surface area (Å²) >= 11 is 0. The van der Waals surface area contributed by atoms with Crippen molar-refractivity contribution in [1.82, 2.24) is 24.8 Å². The summed E-state index contributed by atoms with van der Waals surface area (Å²) in [4.78, 5) is 8.80. The quantitative estimate of drug-likeness (QED) is 0.816. The molecule has 108 valence electrons. The Labute approximate surface area is 117 Å². The van der Waals surface area contributed by atoms with Gasteiger partial charge < -0.3 is 20.1 Å². The maximum absolute atomic E-state index is 6.12. The molecule has 3 heterocycles. The van der Waals surface area contributed by atoms with Crippen LogP contribution in [0.25, 0.3) is 0 Å². The Hall–Kier alpha value is -1.93. The van der Waals surface area contributed by atoms with Crippen LogP contribution in [0.5, 0.6) is 0 Å². The number of anilines is 1. The summed E-state index contributed by atoms with van der Waals surface area (Å²) in [5.41, 5.74) is 6.98. The minimum atomic E-state index is -0.433. The third-order valence-corrected chi connectivity index (χ3v) is 3.57. The molecule has 0 radical (unpaired) electrons. The molecule has 2 aromatic heterocycles. The number of nitrogens with zero attached hydrogens (tertiary/aromatic N) is 6. The third-order valence-electron chi connectivity index (χ3n) is 3.57. The smallest absolute Gasteiger partial charge is 0.266 e. The van der Waals surface area contributed by atoms with Crippen LogP contribution in [0.1, 0.15) is 17.5 Å². The van der Waals surface area contributed by atoms with Gasteiger partial charge in [0, 0.05) is 45.0 Å². The van der Waals surface area contributed by atoms with Crippen molar-refractivity contribution in [3.05, 3.63) is 23.8 Å². The van der Waals surface area contributed by atoms with Gasteiger partial charge in [0.1, 0.15) is 6.04 Å². The van der Waals surface area contributed by atoms with Gasteiger partial charge in [0.2, 0.25) is 5.89 Å². The topological polar surface area (TPSA) is 89.2 Å². The van der Waals surface area contributed by atoms with Gasteiger partial charge in [-0.05, 0) is 12.2 Å². The van der Waals surface area contributed by atoms with Gasteiger partial charge in [0.05, 0.1) is 6.20 Å². The molecule has 0 saturated carbocycles. The zero-order valence-electron chi connectivity index (χ0n) is 11.7. The van der Waals surface area contributed by atoms with Crippen LogP contribution in [0.3, 0.4) is 0 Å². The summed E-state index contributed by atoms with van der Waals surface area (Å²) in [6.45, 7) is 3.80. The van der Waals surface area contributed by atoms with Gasteiger partial charge in [0.15, 0.2) is 0 Å². The Kier molecular flexibility index (Phi) is 3.41. The number of rotatable bonds is 3. The summed E-state index contributed by atoms with van der Waals surface area (Å²) < 4.78 is 6.99. The average molecular weight is 277 g/mol. The lowest BCUT2D eigenvalue weighted by atomic mass is 10.2. The molecule has 1 unspecified atom stereocenters. The minimum absolute atomic E-state index is 0.423. The first-order valence-corrected chi connectivity index (χ1v) is 6.64. The van der Waals surface area contributed by atoms with E-state index in [9.17, 15) is 0 Å². The van der Waals surface area contributed by atoms with E-state index in [1.165, 1.54) is 0 Å². The zero-order valence-corrected chi connectivity index (χ0v) is 11.7. The molecule has 2 aromatic rings. The lowest BCUT2D eigenvalue weighted by Crippen LogP contribution is -2.44. The third kappa shape index (κ3) is 2.52. The highest BCUT2D eigenvalue weighted by Gasteiger charge is 2.22. The highest BCUT2D eigenvalue weighted by atomic mass is 16.5. The van der Waals surface area contributed by atoms with E-state index >= 15 is 0 Å². The second-order valence-electron chi connectivity index (χ2n) is 5.15. The number of likely N-dealkylation sites (N-methyl/N-ethyl adjacent to an activating group) is 1. The Morgan fingerprint density at radius 3 is 2.65 bits per heavy atom. The van der Waals surface area contributed by atoms with Crippen LogP contribution in [0.15, 0.2) is 16.9 Å². The fourth-order valence-electron chi connectivity index (χ4n) is 2.23. The lowest BCUT2D eigenvalue weighted by Gasteiger charge is -2.31. The number of aryl methyl sites for hydroxylation is 1. The largest absolute Gasteiger partial charge is 0.336 e. The maximum Gasteiger partial charge on any atom is 0.266 e. The molecule has 0 aromatic carbocycles. The molecular formula is C12H19N7O. The van der Waals surface area contributed by atoms with Gasteiger partial charge in [-0.2, -0.15) is 10.1 Å². The first-order chi connectivity index (χ1) is 9.63. The Morgan fingerprint density at radius 2 is 2.00 bits per heavy atom. The fraction of sp³-hybridized carbons (Fsp3) is 0.583. The van der Waals surface area contributed by atoms with E-state index in [0.717, 1.165) is 31.7 Å². The normalized spacial score (nSPS) is 18.4. The molecule has 8 nitrogen and oxygen atoms in total. The summed E-state index contributed by atoms with van der Waals surface area (Å²) in [6, 6.07) is -0.433. The van der Waals surface area contributed by atoms with Crippen molar-refractivity contribution in [2.45, 2.75) is 6.04 Å². The summed E-state index contributed by atoms with van der Waals surface area (Å²) in [5, 5.41) is 8.13. The Bertz CT molecular complexity index is 570. The predicted octanol–water partition coefficient (Wildman–Crippen LogP) is -0.397. The van der Waals surface area contributed by atoms with E-state index in [-0.39, 0.29) is 0 Å². The standard InChI is InChI=1S/C12H19N7O/c1-17-3-5-19(6-4-17)12-15-11(20-16-12)10(13)9-7-14-18(2)8-9/h7-8,10H,3-6,13H2,1-2H3. The van der Waals surface area contributed by atoms with Crippen molar-refractivity contribution in [3.8, 4) is 0 Å². The number of hydrogen-bond donors (Lipinski definition) is 1. The first-order valence-electron chi connectivity index (χ1n) is 6.64. The van der Waals surface area contributed by atoms with E-state index in [1.54, 1.807) is 10.9 Å². The molecule has 1 atom stereocenters. The highest BCUT2D eigenvalue weighted by molar-refractivity contribution is 5.30. The number of piperazine rings is 1. The van der Waals surface area contributed by atoms with Crippen molar-refractivity contribution >= 4 is 5.95 Å². The van der Waals surface area contributed by atoms with E-state index < -0.39 is 6.04 Å². The van der Waals surface area contributed by atoms with Crippen molar-refractivity contribution in [3.63, 3.8) is 0 Å². The maximum atomic E-state index is 6.12. The van der Waals surface area contributed by atoms with Crippen molar-refractivity contribution in [1.29, 1.82) is 0 Å². The highest BCUT2D eigenvalue weighted by Crippen LogP contribution is 2.20. The molecule has 0 spiro atoms. The van der Waals surface area contributed by atoms with Crippen LogP contribution in [0.4, 0.5) is 5.95 Å². The molecule has 2 N–H and O–H groups in total. The Balaban J connectivity index is 1.73. The average Bonchev–Trinajstić information content (AvgIpc) is 3.08. The monoisotopic (exact) mass is 277 g/mol. The predicted molar refractivity (Wildman–Crippen MR) is 73.2 cm³/mol. The van der Waals surface area contributed by atoms with Gasteiger partial charge in [-0.1, -0.05) is 0 Å². The van der Waals surface area contributed by atoms with E-state index in [1.807, 2.05) is 13.2 Å².